The van der Waals surface area contributed by atoms with E-state index in [1.54, 1.807) is 6.92 Å². The van der Waals surface area contributed by atoms with Crippen LogP contribution in [0.25, 0.3) is 0 Å². The van der Waals surface area contributed by atoms with Gasteiger partial charge in [-0.1, -0.05) is 13.8 Å². The average Bonchev–Trinajstić information content (AvgIpc) is 2.42. The number of carboxylic acids is 1. The third-order valence-corrected chi connectivity index (χ3v) is 2.89. The summed E-state index contributed by atoms with van der Waals surface area (Å²) in [5.74, 6) is -1.42. The molecule has 0 heterocycles. The first-order valence-electron chi connectivity index (χ1n) is 6.93. The van der Waals surface area contributed by atoms with Crippen LogP contribution in [0.4, 0.5) is 0 Å². The molecule has 7 nitrogen and oxygen atoms in total. The van der Waals surface area contributed by atoms with Crippen LogP contribution in [0.3, 0.4) is 0 Å². The van der Waals surface area contributed by atoms with E-state index < -0.39 is 24.0 Å². The Labute approximate surface area is 119 Å². The van der Waals surface area contributed by atoms with Crippen molar-refractivity contribution in [2.75, 3.05) is 13.1 Å². The number of likely N-dealkylation sites (N-methyl/N-ethyl adjacent to an activating group) is 1. The summed E-state index contributed by atoms with van der Waals surface area (Å²) in [5.41, 5.74) is 5.69. The first kappa shape index (κ1) is 18.5. The van der Waals surface area contributed by atoms with Gasteiger partial charge < -0.3 is 21.5 Å². The Morgan fingerprint density at radius 2 is 1.90 bits per heavy atom. The van der Waals surface area contributed by atoms with E-state index in [1.165, 1.54) is 0 Å². The van der Waals surface area contributed by atoms with Gasteiger partial charge in [-0.05, 0) is 19.4 Å². The molecule has 1 amide bonds. The van der Waals surface area contributed by atoms with Crippen molar-refractivity contribution in [3.8, 4) is 0 Å². The molecule has 0 spiro atoms. The summed E-state index contributed by atoms with van der Waals surface area (Å²) in [6.07, 6.45) is 0.931. The molecule has 0 aliphatic rings. The molecule has 7 heteroatoms. The van der Waals surface area contributed by atoms with E-state index in [0.717, 1.165) is 0 Å². The summed E-state index contributed by atoms with van der Waals surface area (Å²) < 4.78 is 0. The summed E-state index contributed by atoms with van der Waals surface area (Å²) in [5, 5.41) is 14.1. The lowest BCUT2D eigenvalue weighted by Crippen LogP contribution is -2.51. The fourth-order valence-electron chi connectivity index (χ4n) is 1.69. The second kappa shape index (κ2) is 10.3. The Kier molecular flexibility index (Phi) is 9.57. The number of amides is 1. The van der Waals surface area contributed by atoms with Gasteiger partial charge in [0.15, 0.2) is 5.78 Å². The number of aliphatic carboxylic acids is 1. The van der Waals surface area contributed by atoms with Crippen LogP contribution in [0.2, 0.25) is 0 Å². The van der Waals surface area contributed by atoms with Crippen molar-refractivity contribution in [3.05, 3.63) is 0 Å². The van der Waals surface area contributed by atoms with Crippen molar-refractivity contribution in [1.29, 1.82) is 0 Å². The van der Waals surface area contributed by atoms with Gasteiger partial charge >= 0.3 is 5.97 Å². The van der Waals surface area contributed by atoms with Gasteiger partial charge in [0.2, 0.25) is 5.91 Å². The van der Waals surface area contributed by atoms with E-state index in [1.807, 2.05) is 6.92 Å². The van der Waals surface area contributed by atoms with Gasteiger partial charge in [0.05, 0.1) is 12.1 Å². The number of nitrogens with two attached hydrogens (primary N) is 1. The Balaban J connectivity index is 4.37. The summed E-state index contributed by atoms with van der Waals surface area (Å²) in [6, 6.07) is -1.37. The zero-order valence-corrected chi connectivity index (χ0v) is 12.1. The second-order valence-electron chi connectivity index (χ2n) is 4.58. The number of nitrogens with one attached hydrogen (secondary N) is 2. The fourth-order valence-corrected chi connectivity index (χ4v) is 1.69. The number of hydrogen-bond donors (Lipinski definition) is 4. The zero-order chi connectivity index (χ0) is 15.5. The maximum atomic E-state index is 11.8. The van der Waals surface area contributed by atoms with Crippen LogP contribution < -0.4 is 16.4 Å². The van der Waals surface area contributed by atoms with Crippen LogP contribution in [0.5, 0.6) is 0 Å². The second-order valence-corrected chi connectivity index (χ2v) is 4.58. The Morgan fingerprint density at radius 3 is 2.40 bits per heavy atom. The third-order valence-electron chi connectivity index (χ3n) is 2.89. The normalized spacial score (nSPS) is 13.6. The van der Waals surface area contributed by atoms with E-state index in [4.69, 9.17) is 10.8 Å². The molecule has 0 fully saturated rings. The minimum atomic E-state index is -0.914. The standard InChI is InChI=1S/C13H25N3O4/c1-3-11(17)10(6-5-7-12(18)19)16-13(20)9(14)8-15-4-2/h9-10,15H,3-8,14H2,1-2H3,(H,16,20)(H,18,19)/t9-,10-/m1/s1. The van der Waals surface area contributed by atoms with Gasteiger partial charge in [0.25, 0.3) is 0 Å². The van der Waals surface area contributed by atoms with Crippen molar-refractivity contribution in [2.24, 2.45) is 5.73 Å². The van der Waals surface area contributed by atoms with E-state index in [-0.39, 0.29) is 12.2 Å². The van der Waals surface area contributed by atoms with E-state index in [9.17, 15) is 14.4 Å². The molecule has 0 aliphatic heterocycles. The molecule has 0 aromatic rings. The molecule has 0 unspecified atom stereocenters. The molecule has 0 bridgehead atoms. The maximum Gasteiger partial charge on any atom is 0.303 e. The predicted octanol–water partition coefficient (Wildman–Crippen LogP) is -0.358. The smallest absolute Gasteiger partial charge is 0.303 e. The minimum Gasteiger partial charge on any atom is -0.481 e. The van der Waals surface area contributed by atoms with Crippen molar-refractivity contribution >= 4 is 17.7 Å². The fraction of sp³-hybridized carbons (Fsp3) is 0.769. The largest absolute Gasteiger partial charge is 0.481 e. The van der Waals surface area contributed by atoms with E-state index in [0.29, 0.717) is 32.4 Å². The number of ketones is 1. The quantitative estimate of drug-likeness (QED) is 0.412. The molecular formula is C13H25N3O4. The van der Waals surface area contributed by atoms with Gasteiger partial charge in [-0.3, -0.25) is 14.4 Å². The first-order valence-corrected chi connectivity index (χ1v) is 6.93. The zero-order valence-electron chi connectivity index (χ0n) is 12.1. The molecule has 2 atom stereocenters. The van der Waals surface area contributed by atoms with Crippen molar-refractivity contribution in [3.63, 3.8) is 0 Å². The molecule has 0 saturated heterocycles. The molecule has 0 aliphatic carbocycles. The van der Waals surface area contributed by atoms with Crippen molar-refractivity contribution in [1.82, 2.24) is 10.6 Å². The highest BCUT2D eigenvalue weighted by Gasteiger charge is 2.22. The lowest BCUT2D eigenvalue weighted by Gasteiger charge is -2.19. The SMILES string of the molecule is CCNC[C@@H](N)C(=O)N[C@H](CCCC(=O)O)C(=O)CC. The van der Waals surface area contributed by atoms with Crippen molar-refractivity contribution < 1.29 is 19.5 Å². The lowest BCUT2D eigenvalue weighted by atomic mass is 10.0. The Bertz CT molecular complexity index is 334. The highest BCUT2D eigenvalue weighted by molar-refractivity contribution is 5.90. The van der Waals surface area contributed by atoms with E-state index in [2.05, 4.69) is 10.6 Å². The number of rotatable bonds is 11. The topological polar surface area (TPSA) is 122 Å². The highest BCUT2D eigenvalue weighted by atomic mass is 16.4. The van der Waals surface area contributed by atoms with Crippen LogP contribution >= 0.6 is 0 Å². The maximum absolute atomic E-state index is 11.8. The molecule has 0 rings (SSSR count). The number of hydrogen-bond acceptors (Lipinski definition) is 5. The summed E-state index contributed by atoms with van der Waals surface area (Å²) in [7, 11) is 0. The van der Waals surface area contributed by atoms with Gasteiger partial charge in [0.1, 0.15) is 0 Å². The summed E-state index contributed by atoms with van der Waals surface area (Å²) in [4.78, 5) is 34.0. The van der Waals surface area contributed by atoms with Crippen LogP contribution in [0, 0.1) is 0 Å². The summed E-state index contributed by atoms with van der Waals surface area (Å²) >= 11 is 0. The van der Waals surface area contributed by atoms with Crippen LogP contribution in [-0.2, 0) is 14.4 Å². The number of carboxylic acid groups (broad SMARTS) is 1. The first-order chi connectivity index (χ1) is 9.42. The van der Waals surface area contributed by atoms with Crippen LogP contribution in [-0.4, -0.2) is 47.9 Å². The average molecular weight is 287 g/mol. The molecule has 0 aromatic carbocycles. The van der Waals surface area contributed by atoms with Crippen LogP contribution in [0.1, 0.15) is 39.5 Å². The number of carbonyl (C=O) groups is 3. The van der Waals surface area contributed by atoms with E-state index >= 15 is 0 Å². The number of Topliss-reactive ketones (excluding diaryl/α,β-unsaturated/α-hetero) is 1. The van der Waals surface area contributed by atoms with Crippen LogP contribution in [0.15, 0.2) is 0 Å². The molecule has 0 saturated carbocycles. The lowest BCUT2D eigenvalue weighted by molar-refractivity contribution is -0.137. The molecule has 116 valence electrons. The molecule has 20 heavy (non-hydrogen) atoms. The Hall–Kier alpha value is -1.47. The molecule has 0 aromatic heterocycles. The monoisotopic (exact) mass is 287 g/mol. The highest BCUT2D eigenvalue weighted by Crippen LogP contribution is 2.05. The molecule has 5 N–H and O–H groups in total. The summed E-state index contributed by atoms with van der Waals surface area (Å²) in [6.45, 7) is 4.65. The Morgan fingerprint density at radius 1 is 1.25 bits per heavy atom. The minimum absolute atomic E-state index is 0.0210. The van der Waals surface area contributed by atoms with Gasteiger partial charge in [-0.25, -0.2) is 0 Å². The third kappa shape index (κ3) is 7.85. The van der Waals surface area contributed by atoms with Gasteiger partial charge in [-0.2, -0.15) is 0 Å². The molecule has 0 radical (unpaired) electrons. The predicted molar refractivity (Wildman–Crippen MR) is 75.2 cm³/mol. The van der Waals surface area contributed by atoms with Crippen molar-refractivity contribution in [2.45, 2.75) is 51.6 Å². The van der Waals surface area contributed by atoms with Gasteiger partial charge in [0, 0.05) is 19.4 Å². The number of carbonyl (C=O) groups excluding carboxylic acids is 2. The van der Waals surface area contributed by atoms with Gasteiger partial charge in [-0.15, -0.1) is 0 Å². The molecular weight excluding hydrogens is 262 g/mol.